The maximum Gasteiger partial charge on any atom is 0.421 e. The topological polar surface area (TPSA) is 70.6 Å². The zero-order valence-corrected chi connectivity index (χ0v) is 18.7. The number of aromatic nitrogens is 2. The van der Waals surface area contributed by atoms with E-state index in [1.807, 2.05) is 0 Å². The Morgan fingerprint density at radius 3 is 2.44 bits per heavy atom. The molecule has 1 unspecified atom stereocenters. The number of nitrogens with one attached hydrogen (secondary N) is 1. The lowest BCUT2D eigenvalue weighted by Crippen LogP contribution is -2.26. The second-order valence-corrected chi connectivity index (χ2v) is 8.37. The van der Waals surface area contributed by atoms with E-state index in [-0.39, 0.29) is 37.1 Å². The summed E-state index contributed by atoms with van der Waals surface area (Å²) in [7, 11) is 0. The third kappa shape index (κ3) is 4.55. The lowest BCUT2D eigenvalue weighted by molar-refractivity contribution is -0.138. The molecule has 2 fully saturated rings. The summed E-state index contributed by atoms with van der Waals surface area (Å²) < 4.78 is 70.9. The Hall–Kier alpha value is -3.80. The fourth-order valence-corrected chi connectivity index (χ4v) is 4.37. The summed E-state index contributed by atoms with van der Waals surface area (Å²) in [5, 5.41) is 3.65. The summed E-state index contributed by atoms with van der Waals surface area (Å²) >= 11 is 0. The molecule has 0 spiro atoms. The fourth-order valence-electron chi connectivity index (χ4n) is 4.37. The zero-order chi connectivity index (χ0) is 25.4. The van der Waals surface area contributed by atoms with Gasteiger partial charge in [0.1, 0.15) is 11.3 Å². The largest absolute Gasteiger partial charge is 0.421 e. The molecule has 3 aromatic rings. The van der Waals surface area contributed by atoms with E-state index in [0.717, 1.165) is 27.7 Å². The van der Waals surface area contributed by atoms with E-state index in [0.29, 0.717) is 19.0 Å². The number of hydroxylamine groups is 1. The Morgan fingerprint density at radius 1 is 1.08 bits per heavy atom. The molecule has 2 saturated heterocycles. The van der Waals surface area contributed by atoms with Gasteiger partial charge in [0, 0.05) is 31.3 Å². The highest BCUT2D eigenvalue weighted by atomic mass is 19.4. The van der Waals surface area contributed by atoms with E-state index in [9.17, 15) is 26.7 Å². The summed E-state index contributed by atoms with van der Waals surface area (Å²) in [6.07, 6.45) is -3.06. The molecule has 12 heteroatoms. The van der Waals surface area contributed by atoms with E-state index >= 15 is 0 Å². The number of amides is 1. The lowest BCUT2D eigenvalue weighted by Gasteiger charge is -2.26. The van der Waals surface area contributed by atoms with Crippen LogP contribution in [-0.4, -0.2) is 29.0 Å². The number of rotatable bonds is 5. The van der Waals surface area contributed by atoms with Crippen molar-refractivity contribution < 1.29 is 31.6 Å². The first-order valence-corrected chi connectivity index (χ1v) is 11.2. The van der Waals surface area contributed by atoms with Crippen LogP contribution in [0.5, 0.6) is 0 Å². The van der Waals surface area contributed by atoms with E-state index in [4.69, 9.17) is 4.84 Å². The quantitative estimate of drug-likeness (QED) is 0.460. The number of alkyl halides is 3. The van der Waals surface area contributed by atoms with Gasteiger partial charge in [-0.3, -0.25) is 9.63 Å². The minimum atomic E-state index is -4.77. The van der Waals surface area contributed by atoms with Crippen LogP contribution in [0.2, 0.25) is 0 Å². The van der Waals surface area contributed by atoms with Gasteiger partial charge >= 0.3 is 6.18 Å². The van der Waals surface area contributed by atoms with E-state index in [2.05, 4.69) is 15.3 Å². The average Bonchev–Trinajstić information content (AvgIpc) is 3.48. The standard InChI is InChI=1S/C24H20F5N5O2/c25-17-11-15(12-18(26)21(17)33-9-4-7-20(33)35)31-23-30-13-16(24(27,28)29)22(32-23)34-19(8-10-36-34)14-5-2-1-3-6-14/h1-3,5-6,11-13,19H,4,7-10H2,(H,30,31,32). The molecule has 0 saturated carbocycles. The SMILES string of the molecule is O=C1CCCN1c1c(F)cc(Nc2ncc(C(F)(F)F)c(N3OCCC3c3ccccc3)n2)cc1F. The van der Waals surface area contributed by atoms with Crippen molar-refractivity contribution in [1.29, 1.82) is 0 Å². The first-order chi connectivity index (χ1) is 17.2. The molecule has 2 aliphatic heterocycles. The first-order valence-electron chi connectivity index (χ1n) is 11.2. The summed E-state index contributed by atoms with van der Waals surface area (Å²) in [4.78, 5) is 26.2. The predicted molar refractivity (Wildman–Crippen MR) is 120 cm³/mol. The smallest absolute Gasteiger partial charge is 0.324 e. The number of benzene rings is 2. The number of nitrogens with zero attached hydrogens (tertiary/aromatic N) is 4. The predicted octanol–water partition coefficient (Wildman–Crippen LogP) is 5.53. The van der Waals surface area contributed by atoms with Crippen molar-refractivity contribution >= 4 is 29.0 Å². The van der Waals surface area contributed by atoms with Gasteiger partial charge in [0.15, 0.2) is 17.5 Å². The van der Waals surface area contributed by atoms with Crippen molar-refractivity contribution in [1.82, 2.24) is 9.97 Å². The van der Waals surface area contributed by atoms with Crippen LogP contribution in [0.3, 0.4) is 0 Å². The normalized spacial score (nSPS) is 18.2. The molecule has 36 heavy (non-hydrogen) atoms. The summed E-state index contributed by atoms with van der Waals surface area (Å²) in [5.74, 6) is -3.21. The molecule has 1 N–H and O–H groups in total. The number of halogens is 5. The highest BCUT2D eigenvalue weighted by molar-refractivity contribution is 5.95. The van der Waals surface area contributed by atoms with Crippen LogP contribution in [0.1, 0.15) is 36.4 Å². The summed E-state index contributed by atoms with van der Waals surface area (Å²) in [5.41, 5.74) is -0.968. The molecule has 188 valence electrons. The van der Waals surface area contributed by atoms with Gasteiger partial charge < -0.3 is 10.2 Å². The van der Waals surface area contributed by atoms with Gasteiger partial charge in [-0.2, -0.15) is 18.2 Å². The van der Waals surface area contributed by atoms with Crippen LogP contribution in [-0.2, 0) is 15.8 Å². The second kappa shape index (κ2) is 9.34. The van der Waals surface area contributed by atoms with Gasteiger partial charge in [-0.25, -0.2) is 18.8 Å². The van der Waals surface area contributed by atoms with Crippen LogP contribution in [0.4, 0.5) is 45.1 Å². The van der Waals surface area contributed by atoms with Crippen molar-refractivity contribution in [3.8, 4) is 0 Å². The molecule has 2 aromatic carbocycles. The van der Waals surface area contributed by atoms with Crippen molar-refractivity contribution in [2.45, 2.75) is 31.5 Å². The van der Waals surface area contributed by atoms with Crippen LogP contribution in [0, 0.1) is 11.6 Å². The van der Waals surface area contributed by atoms with Gasteiger partial charge in [0.05, 0.1) is 12.6 Å². The molecule has 0 radical (unpaired) electrons. The van der Waals surface area contributed by atoms with Crippen LogP contribution in [0.15, 0.2) is 48.7 Å². The molecular weight excluding hydrogens is 485 g/mol. The zero-order valence-electron chi connectivity index (χ0n) is 18.7. The molecular formula is C24H20F5N5O2. The Balaban J connectivity index is 1.48. The molecule has 2 aliphatic rings. The highest BCUT2D eigenvalue weighted by Gasteiger charge is 2.40. The van der Waals surface area contributed by atoms with Gasteiger partial charge in [0.2, 0.25) is 11.9 Å². The van der Waals surface area contributed by atoms with Gasteiger partial charge in [-0.05, 0) is 24.1 Å². The van der Waals surface area contributed by atoms with E-state index < -0.39 is 40.9 Å². The molecule has 1 amide bonds. The van der Waals surface area contributed by atoms with Crippen LogP contribution in [0.25, 0.3) is 0 Å². The molecule has 1 aromatic heterocycles. The third-order valence-corrected chi connectivity index (χ3v) is 5.99. The summed E-state index contributed by atoms with van der Waals surface area (Å²) in [6, 6.07) is 10.2. The van der Waals surface area contributed by atoms with E-state index in [1.165, 1.54) is 0 Å². The van der Waals surface area contributed by atoms with Crippen molar-refractivity contribution in [3.63, 3.8) is 0 Å². The Morgan fingerprint density at radius 2 is 1.81 bits per heavy atom. The monoisotopic (exact) mass is 505 g/mol. The maximum atomic E-state index is 14.7. The molecule has 0 aliphatic carbocycles. The van der Waals surface area contributed by atoms with Gasteiger partial charge in [-0.1, -0.05) is 30.3 Å². The van der Waals surface area contributed by atoms with Crippen molar-refractivity contribution in [2.75, 3.05) is 28.4 Å². The minimum absolute atomic E-state index is 0.131. The average molecular weight is 505 g/mol. The number of carbonyl (C=O) groups excluding carboxylic acids is 1. The number of carbonyl (C=O) groups is 1. The van der Waals surface area contributed by atoms with E-state index in [1.54, 1.807) is 30.3 Å². The molecule has 7 nitrogen and oxygen atoms in total. The fraction of sp³-hybridized carbons (Fsp3) is 0.292. The number of anilines is 4. The second-order valence-electron chi connectivity index (χ2n) is 8.37. The van der Waals surface area contributed by atoms with Crippen LogP contribution >= 0.6 is 0 Å². The molecule has 3 heterocycles. The first kappa shape index (κ1) is 23.9. The third-order valence-electron chi connectivity index (χ3n) is 5.99. The van der Waals surface area contributed by atoms with Gasteiger partial charge in [0.25, 0.3) is 0 Å². The number of hydrogen-bond donors (Lipinski definition) is 1. The Labute approximate surface area is 202 Å². The van der Waals surface area contributed by atoms with Crippen molar-refractivity contribution in [2.24, 2.45) is 0 Å². The molecule has 5 rings (SSSR count). The van der Waals surface area contributed by atoms with Gasteiger partial charge in [-0.15, -0.1) is 0 Å². The molecule has 1 atom stereocenters. The Bertz CT molecular complexity index is 1260. The maximum absolute atomic E-state index is 14.7. The van der Waals surface area contributed by atoms with Crippen LogP contribution < -0.4 is 15.3 Å². The minimum Gasteiger partial charge on any atom is -0.324 e. The lowest BCUT2D eigenvalue weighted by atomic mass is 10.0. The number of hydrogen-bond acceptors (Lipinski definition) is 6. The Kier molecular flexibility index (Phi) is 6.20. The van der Waals surface area contributed by atoms with Crippen molar-refractivity contribution in [3.05, 3.63) is 71.4 Å². The highest BCUT2D eigenvalue weighted by Crippen LogP contribution is 2.42. The molecule has 0 bridgehead atoms. The summed E-state index contributed by atoms with van der Waals surface area (Å²) in [6.45, 7) is 0.375.